The first-order valence-electron chi connectivity index (χ1n) is 9.04. The van der Waals surface area contributed by atoms with Crippen molar-refractivity contribution in [1.29, 1.82) is 0 Å². The van der Waals surface area contributed by atoms with Crippen molar-refractivity contribution in [2.75, 3.05) is 13.1 Å². The number of aromatic nitrogens is 1. The monoisotopic (exact) mass is 435 g/mol. The van der Waals surface area contributed by atoms with E-state index in [0.717, 1.165) is 15.8 Å². The Kier molecular flexibility index (Phi) is 5.26. The quantitative estimate of drug-likeness (QED) is 0.635. The van der Waals surface area contributed by atoms with Crippen molar-refractivity contribution in [3.8, 4) is 0 Å². The second-order valence-electron chi connectivity index (χ2n) is 7.00. The summed E-state index contributed by atoms with van der Waals surface area (Å²) in [5, 5.41) is 1.75. The molecule has 4 rings (SSSR count). The van der Waals surface area contributed by atoms with E-state index in [1.54, 1.807) is 17.5 Å². The third-order valence-electron chi connectivity index (χ3n) is 4.99. The molecule has 1 aromatic carbocycles. The minimum atomic E-state index is -3.54. The first-order chi connectivity index (χ1) is 13.4. The Morgan fingerprint density at radius 3 is 2.86 bits per heavy atom. The zero-order valence-corrected chi connectivity index (χ0v) is 18.1. The number of aryl methyl sites for hydroxylation is 2. The zero-order chi connectivity index (χ0) is 19.9. The van der Waals surface area contributed by atoms with Crippen LogP contribution in [0.25, 0.3) is 10.2 Å². The normalized spacial score (nSPS) is 19.4. The third-order valence-corrected chi connectivity index (χ3v) is 9.33. The lowest BCUT2D eigenvalue weighted by Crippen LogP contribution is -2.42. The summed E-state index contributed by atoms with van der Waals surface area (Å²) in [6.07, 6.45) is 1.32. The molecular formula is C19H21N3O3S3. The van der Waals surface area contributed by atoms with Gasteiger partial charge in [-0.15, -0.1) is 11.3 Å². The van der Waals surface area contributed by atoms with Crippen LogP contribution in [0, 0.1) is 12.8 Å². The fourth-order valence-electron chi connectivity index (χ4n) is 3.43. The number of carbonyl (C=O) groups is 1. The van der Waals surface area contributed by atoms with E-state index < -0.39 is 15.9 Å². The summed E-state index contributed by atoms with van der Waals surface area (Å²) in [6, 6.07) is 9.48. The number of thiazole rings is 1. The summed E-state index contributed by atoms with van der Waals surface area (Å²) in [5.41, 5.74) is 2.20. The molecule has 1 amide bonds. The lowest BCUT2D eigenvalue weighted by Gasteiger charge is -2.29. The standard InChI is InChI=1S/C19H21N3O3S3/c1-13-7-8-15-16(11-13)27-19(21(15)2)20-18(23)14-5-3-9-22(12-14)28(24,25)17-6-4-10-26-17/h4,6-8,10-11,14H,3,5,9,12H2,1-2H3. The summed E-state index contributed by atoms with van der Waals surface area (Å²) < 4.78 is 30.3. The summed E-state index contributed by atoms with van der Waals surface area (Å²) in [7, 11) is -1.64. The van der Waals surface area contributed by atoms with Crippen LogP contribution in [0.2, 0.25) is 0 Å². The fourth-order valence-corrected chi connectivity index (χ4v) is 7.22. The van der Waals surface area contributed by atoms with Crippen molar-refractivity contribution >= 4 is 48.8 Å². The maximum Gasteiger partial charge on any atom is 0.252 e. The highest BCUT2D eigenvalue weighted by atomic mass is 32.2. The topological polar surface area (TPSA) is 71.7 Å². The maximum atomic E-state index is 12.8. The molecule has 1 aliphatic heterocycles. The molecule has 1 atom stereocenters. The Balaban J connectivity index is 1.60. The van der Waals surface area contributed by atoms with Crippen LogP contribution in [-0.4, -0.2) is 36.3 Å². The molecule has 3 heterocycles. The largest absolute Gasteiger partial charge is 0.319 e. The maximum absolute atomic E-state index is 12.8. The number of hydrogen-bond donors (Lipinski definition) is 0. The second kappa shape index (κ2) is 7.55. The van der Waals surface area contributed by atoms with Crippen LogP contribution < -0.4 is 4.80 Å². The van der Waals surface area contributed by atoms with Gasteiger partial charge in [-0.05, 0) is 48.9 Å². The molecule has 2 aromatic heterocycles. The van der Waals surface area contributed by atoms with Crippen molar-refractivity contribution in [2.45, 2.75) is 24.0 Å². The summed E-state index contributed by atoms with van der Waals surface area (Å²) >= 11 is 2.68. The van der Waals surface area contributed by atoms with E-state index in [9.17, 15) is 13.2 Å². The molecular weight excluding hydrogens is 414 g/mol. The van der Waals surface area contributed by atoms with E-state index in [-0.39, 0.29) is 12.5 Å². The van der Waals surface area contributed by atoms with Crippen molar-refractivity contribution in [1.82, 2.24) is 8.87 Å². The molecule has 9 heteroatoms. The highest BCUT2D eigenvalue weighted by molar-refractivity contribution is 7.91. The number of benzene rings is 1. The van der Waals surface area contributed by atoms with Gasteiger partial charge in [0.1, 0.15) is 4.21 Å². The van der Waals surface area contributed by atoms with Gasteiger partial charge in [-0.2, -0.15) is 9.30 Å². The van der Waals surface area contributed by atoms with Gasteiger partial charge in [0.15, 0.2) is 4.80 Å². The highest BCUT2D eigenvalue weighted by Gasteiger charge is 2.33. The smallest absolute Gasteiger partial charge is 0.252 e. The molecule has 28 heavy (non-hydrogen) atoms. The van der Waals surface area contributed by atoms with Crippen LogP contribution in [0.3, 0.4) is 0 Å². The number of fused-ring (bicyclic) bond motifs is 1. The molecule has 1 fully saturated rings. The SMILES string of the molecule is Cc1ccc2c(c1)sc(=NC(=O)C1CCCN(S(=O)(=O)c3cccs3)C1)n2C. The number of thiophene rings is 1. The molecule has 1 unspecified atom stereocenters. The van der Waals surface area contributed by atoms with Crippen LogP contribution in [0.4, 0.5) is 0 Å². The van der Waals surface area contributed by atoms with Crippen LogP contribution in [-0.2, 0) is 21.9 Å². The van der Waals surface area contributed by atoms with E-state index in [1.165, 1.54) is 27.0 Å². The van der Waals surface area contributed by atoms with Gasteiger partial charge < -0.3 is 4.57 Å². The molecule has 3 aromatic rings. The van der Waals surface area contributed by atoms with Crippen molar-refractivity contribution in [3.63, 3.8) is 0 Å². The van der Waals surface area contributed by atoms with Crippen LogP contribution in [0.1, 0.15) is 18.4 Å². The number of carbonyl (C=O) groups excluding carboxylic acids is 1. The molecule has 1 aliphatic rings. The predicted molar refractivity (Wildman–Crippen MR) is 112 cm³/mol. The summed E-state index contributed by atoms with van der Waals surface area (Å²) in [4.78, 5) is 17.8. The summed E-state index contributed by atoms with van der Waals surface area (Å²) in [6.45, 7) is 2.67. The molecule has 1 saturated heterocycles. The lowest BCUT2D eigenvalue weighted by atomic mass is 9.99. The molecule has 0 spiro atoms. The van der Waals surface area contributed by atoms with E-state index in [4.69, 9.17) is 0 Å². The molecule has 0 aliphatic carbocycles. The minimum absolute atomic E-state index is 0.191. The number of rotatable bonds is 3. The molecule has 6 nitrogen and oxygen atoms in total. The Bertz CT molecular complexity index is 1190. The van der Waals surface area contributed by atoms with Gasteiger partial charge in [-0.25, -0.2) is 8.42 Å². The van der Waals surface area contributed by atoms with Crippen LogP contribution in [0.5, 0.6) is 0 Å². The van der Waals surface area contributed by atoms with E-state index in [0.29, 0.717) is 28.4 Å². The lowest BCUT2D eigenvalue weighted by molar-refractivity contribution is -0.122. The first kappa shape index (κ1) is 19.5. The van der Waals surface area contributed by atoms with Crippen molar-refractivity contribution in [3.05, 3.63) is 46.1 Å². The van der Waals surface area contributed by atoms with Gasteiger partial charge in [0.25, 0.3) is 15.9 Å². The van der Waals surface area contributed by atoms with Gasteiger partial charge >= 0.3 is 0 Å². The second-order valence-corrected chi connectivity index (χ2v) is 11.1. The van der Waals surface area contributed by atoms with Gasteiger partial charge in [0, 0.05) is 20.1 Å². The average molecular weight is 436 g/mol. The van der Waals surface area contributed by atoms with Gasteiger partial charge in [-0.1, -0.05) is 23.5 Å². The van der Waals surface area contributed by atoms with Gasteiger partial charge in [-0.3, -0.25) is 4.79 Å². The molecule has 0 saturated carbocycles. The average Bonchev–Trinajstić information content (AvgIpc) is 3.31. The Hall–Kier alpha value is -1.81. The number of sulfonamides is 1. The molecule has 0 radical (unpaired) electrons. The Morgan fingerprint density at radius 2 is 2.11 bits per heavy atom. The van der Waals surface area contributed by atoms with E-state index >= 15 is 0 Å². The molecule has 0 bridgehead atoms. The van der Waals surface area contributed by atoms with Crippen LogP contribution >= 0.6 is 22.7 Å². The number of hydrogen-bond acceptors (Lipinski definition) is 5. The summed E-state index contributed by atoms with van der Waals surface area (Å²) in [5.74, 6) is -0.652. The van der Waals surface area contributed by atoms with Gasteiger partial charge in [0.2, 0.25) is 0 Å². The van der Waals surface area contributed by atoms with Crippen molar-refractivity contribution in [2.24, 2.45) is 18.0 Å². The number of piperidine rings is 1. The molecule has 0 N–H and O–H groups in total. The first-order valence-corrected chi connectivity index (χ1v) is 12.2. The highest BCUT2D eigenvalue weighted by Crippen LogP contribution is 2.27. The minimum Gasteiger partial charge on any atom is -0.319 e. The van der Waals surface area contributed by atoms with E-state index in [2.05, 4.69) is 11.1 Å². The van der Waals surface area contributed by atoms with E-state index in [1.807, 2.05) is 30.7 Å². The number of nitrogens with zero attached hydrogens (tertiary/aromatic N) is 3. The Labute approximate surface area is 171 Å². The Morgan fingerprint density at radius 1 is 1.29 bits per heavy atom. The third kappa shape index (κ3) is 3.59. The fraction of sp³-hybridized carbons (Fsp3) is 0.368. The van der Waals surface area contributed by atoms with Gasteiger partial charge in [0.05, 0.1) is 16.1 Å². The van der Waals surface area contributed by atoms with Crippen LogP contribution in [0.15, 0.2) is 44.9 Å². The van der Waals surface area contributed by atoms with Crippen molar-refractivity contribution < 1.29 is 13.2 Å². The molecule has 148 valence electrons. The predicted octanol–water partition coefficient (Wildman–Crippen LogP) is 3.14. The number of amides is 1. The zero-order valence-electron chi connectivity index (χ0n) is 15.7.